The molecule has 0 N–H and O–H groups in total. The number of aromatic nitrogens is 1. The van der Waals surface area contributed by atoms with Gasteiger partial charge in [0.05, 0.1) is 0 Å². The molecule has 2 atom stereocenters. The highest BCUT2D eigenvalue weighted by atomic mass is 16.5. The molecule has 1 aliphatic carbocycles. The number of hydrogen-bond donors (Lipinski definition) is 0. The first-order valence-electron chi connectivity index (χ1n) is 22.9. The van der Waals surface area contributed by atoms with E-state index in [1.165, 1.54) is 98.4 Å². The summed E-state index contributed by atoms with van der Waals surface area (Å²) in [7, 11) is 0. The minimum absolute atomic E-state index is 0.0999. The lowest BCUT2D eigenvalue weighted by atomic mass is 9.68. The molecule has 4 heterocycles. The van der Waals surface area contributed by atoms with Crippen molar-refractivity contribution in [2.24, 2.45) is 5.92 Å². The first kappa shape index (κ1) is 47.6. The van der Waals surface area contributed by atoms with E-state index in [2.05, 4.69) is 149 Å². The largest absolute Gasteiger partial charge is 0.381 e. The zero-order valence-electron chi connectivity index (χ0n) is 39.0. The van der Waals surface area contributed by atoms with Gasteiger partial charge in [-0.25, -0.2) is 0 Å². The summed E-state index contributed by atoms with van der Waals surface area (Å²) < 4.78 is 8.02. The topological polar surface area (TPSA) is 20.6 Å². The van der Waals surface area contributed by atoms with Crippen molar-refractivity contribution in [3.05, 3.63) is 78.4 Å². The number of nitrogens with zero attached hydrogens (tertiary/aromatic N) is 3. The van der Waals surface area contributed by atoms with Crippen LogP contribution in [0.5, 0.6) is 0 Å². The number of rotatable bonds is 0. The van der Waals surface area contributed by atoms with E-state index < -0.39 is 0 Å². The molecular formula is C52H85N3O. The van der Waals surface area contributed by atoms with Gasteiger partial charge in [0.1, 0.15) is 0 Å². The third-order valence-electron chi connectivity index (χ3n) is 12.2. The molecule has 4 aliphatic rings. The third kappa shape index (κ3) is 11.2. The van der Waals surface area contributed by atoms with E-state index in [1.54, 1.807) is 5.56 Å². The predicted molar refractivity (Wildman–Crippen MR) is 250 cm³/mol. The van der Waals surface area contributed by atoms with Crippen molar-refractivity contribution in [2.45, 2.75) is 190 Å². The monoisotopic (exact) mass is 768 g/mol. The van der Waals surface area contributed by atoms with Crippen LogP contribution in [0.4, 0.5) is 5.69 Å². The zero-order chi connectivity index (χ0) is 41.7. The van der Waals surface area contributed by atoms with Crippen molar-refractivity contribution in [1.82, 2.24) is 9.47 Å². The summed E-state index contributed by atoms with van der Waals surface area (Å²) in [6.45, 7) is 37.2. The van der Waals surface area contributed by atoms with Crippen molar-refractivity contribution in [2.75, 3.05) is 31.2 Å². The minimum atomic E-state index is 0.0999. The number of benzene rings is 3. The average Bonchev–Trinajstić information content (AvgIpc) is 3.56. The molecule has 56 heavy (non-hydrogen) atoms. The molecule has 1 aromatic heterocycles. The lowest BCUT2D eigenvalue weighted by molar-refractivity contribution is -0.00454. The van der Waals surface area contributed by atoms with Gasteiger partial charge in [-0.05, 0) is 143 Å². The highest BCUT2D eigenvalue weighted by molar-refractivity contribution is 6.08. The van der Waals surface area contributed by atoms with Gasteiger partial charge in [0, 0.05) is 75.3 Å². The van der Waals surface area contributed by atoms with Gasteiger partial charge in [-0.3, -0.25) is 4.90 Å². The van der Waals surface area contributed by atoms with E-state index in [0.717, 1.165) is 25.2 Å². The fourth-order valence-electron chi connectivity index (χ4n) is 9.82. The van der Waals surface area contributed by atoms with Crippen LogP contribution in [0.3, 0.4) is 0 Å². The quantitative estimate of drug-likeness (QED) is 0.178. The first-order valence-corrected chi connectivity index (χ1v) is 22.9. The molecule has 3 fully saturated rings. The maximum absolute atomic E-state index is 5.59. The summed E-state index contributed by atoms with van der Waals surface area (Å²) >= 11 is 0. The van der Waals surface area contributed by atoms with Crippen molar-refractivity contribution in [3.8, 4) is 0 Å². The van der Waals surface area contributed by atoms with Gasteiger partial charge >= 0.3 is 0 Å². The zero-order valence-corrected chi connectivity index (χ0v) is 39.0. The Hall–Kier alpha value is -2.82. The molecule has 0 bridgehead atoms. The van der Waals surface area contributed by atoms with Crippen LogP contribution in [0.25, 0.3) is 21.8 Å². The van der Waals surface area contributed by atoms with Crippen LogP contribution in [0.1, 0.15) is 167 Å². The maximum atomic E-state index is 5.59. The van der Waals surface area contributed by atoms with E-state index in [1.807, 2.05) is 41.5 Å². The third-order valence-corrected chi connectivity index (χ3v) is 12.2. The number of para-hydroxylation sites is 3. The summed E-state index contributed by atoms with van der Waals surface area (Å²) in [5.41, 5.74) is 6.70. The van der Waals surface area contributed by atoms with Crippen LogP contribution in [0.15, 0.2) is 72.8 Å². The summed E-state index contributed by atoms with van der Waals surface area (Å²) in [6.07, 6.45) is 12.5. The van der Waals surface area contributed by atoms with Gasteiger partial charge in [0.25, 0.3) is 0 Å². The number of hydrogen-bond acceptors (Lipinski definition) is 3. The number of piperidine rings is 1. The molecular weight excluding hydrogens is 683 g/mol. The van der Waals surface area contributed by atoms with Gasteiger partial charge in [-0.1, -0.05) is 109 Å². The van der Waals surface area contributed by atoms with E-state index in [-0.39, 0.29) is 11.1 Å². The Labute approximate surface area is 345 Å². The molecule has 1 saturated carbocycles. The summed E-state index contributed by atoms with van der Waals surface area (Å²) in [6, 6.07) is 27.2. The fraction of sp³-hybridized carbons (Fsp3) is 0.654. The molecule has 1 spiro atoms. The van der Waals surface area contributed by atoms with Crippen LogP contribution in [-0.2, 0) is 15.7 Å². The van der Waals surface area contributed by atoms with Crippen molar-refractivity contribution in [1.29, 1.82) is 0 Å². The summed E-state index contributed by atoms with van der Waals surface area (Å²) in [5.74, 6) is 1.02. The van der Waals surface area contributed by atoms with Gasteiger partial charge in [-0.2, -0.15) is 0 Å². The van der Waals surface area contributed by atoms with Crippen molar-refractivity contribution < 1.29 is 4.74 Å². The number of ether oxygens (including phenoxy) is 1. The predicted octanol–water partition coefficient (Wildman–Crippen LogP) is 14.8. The Bertz CT molecular complexity index is 1650. The Morgan fingerprint density at radius 2 is 1.04 bits per heavy atom. The van der Waals surface area contributed by atoms with Crippen LogP contribution in [0, 0.1) is 5.92 Å². The van der Waals surface area contributed by atoms with Crippen LogP contribution in [0.2, 0.25) is 0 Å². The van der Waals surface area contributed by atoms with Gasteiger partial charge in [-0.15, -0.1) is 0 Å². The molecule has 0 amide bonds. The molecule has 0 radical (unpaired) electrons. The second kappa shape index (κ2) is 21.3. The standard InChI is InChI=1S/C17H25NO.C16H17N.C13H25N.3C2H6/c1-16(2,3)18-11-8-17(9-12-19-13-10-17)14-6-4-5-7-15(14)18;1-16(2,3)17-14-10-6-4-8-12(14)13-9-5-7-11-15(13)17;1-13(2,3)14-10-6-8-11-7-4-5-9-12(11)14;3*1-2/h4-7H,8-13H2,1-3H3;4-11H,1-3H3;11-12H,4-10H2,1-3H3;3*1-2H3. The first-order chi connectivity index (χ1) is 26.7. The molecule has 4 heteroatoms. The molecule has 314 valence electrons. The molecule has 4 nitrogen and oxygen atoms in total. The normalized spacial score (nSPS) is 20.5. The number of anilines is 1. The second-order valence-corrected chi connectivity index (χ2v) is 18.6. The van der Waals surface area contributed by atoms with Gasteiger partial charge in [0.15, 0.2) is 0 Å². The highest BCUT2D eigenvalue weighted by Gasteiger charge is 2.42. The van der Waals surface area contributed by atoms with E-state index in [9.17, 15) is 0 Å². The molecule has 2 unspecified atom stereocenters. The van der Waals surface area contributed by atoms with Crippen molar-refractivity contribution in [3.63, 3.8) is 0 Å². The van der Waals surface area contributed by atoms with Crippen LogP contribution in [-0.4, -0.2) is 52.9 Å². The second-order valence-electron chi connectivity index (χ2n) is 18.6. The summed E-state index contributed by atoms with van der Waals surface area (Å²) in [5, 5.41) is 2.69. The lowest BCUT2D eigenvalue weighted by Crippen LogP contribution is -2.54. The van der Waals surface area contributed by atoms with Crippen molar-refractivity contribution >= 4 is 27.5 Å². The minimum Gasteiger partial charge on any atom is -0.381 e. The Balaban J connectivity index is 0.000000213. The van der Waals surface area contributed by atoms with E-state index in [0.29, 0.717) is 11.0 Å². The molecule has 8 rings (SSSR count). The Kier molecular flexibility index (Phi) is 18.1. The average molecular weight is 768 g/mol. The molecule has 3 aliphatic heterocycles. The van der Waals surface area contributed by atoms with E-state index in [4.69, 9.17) is 4.74 Å². The van der Waals surface area contributed by atoms with E-state index >= 15 is 0 Å². The lowest BCUT2D eigenvalue weighted by Gasteiger charge is -2.50. The summed E-state index contributed by atoms with van der Waals surface area (Å²) in [4.78, 5) is 5.35. The highest BCUT2D eigenvalue weighted by Crippen LogP contribution is 2.47. The van der Waals surface area contributed by atoms with Crippen LogP contribution < -0.4 is 4.90 Å². The van der Waals surface area contributed by atoms with Gasteiger partial charge in [0.2, 0.25) is 0 Å². The maximum Gasteiger partial charge on any atom is 0.0496 e. The smallest absolute Gasteiger partial charge is 0.0496 e. The number of fused-ring (bicyclic) bond motifs is 6. The molecule has 2 saturated heterocycles. The Morgan fingerprint density at radius 1 is 0.536 bits per heavy atom. The number of likely N-dealkylation sites (tertiary alicyclic amines) is 1. The SMILES string of the molecule is CC.CC.CC.CC(C)(C)N1CCC2(CCOCC2)c2ccccc21.CC(C)(C)N1CCCC2CCCCC21.CC(C)(C)n1c2ccccc2c2ccccc21. The van der Waals surface area contributed by atoms with Gasteiger partial charge < -0.3 is 14.2 Å². The van der Waals surface area contributed by atoms with Crippen LogP contribution >= 0.6 is 0 Å². The molecule has 4 aromatic rings. The fourth-order valence-corrected chi connectivity index (χ4v) is 9.82. The molecule has 3 aromatic carbocycles. The Morgan fingerprint density at radius 3 is 1.57 bits per heavy atom.